The van der Waals surface area contributed by atoms with Gasteiger partial charge < -0.3 is 19.7 Å². The minimum Gasteiger partial charge on any atom is -0.347 e. The largest absolute Gasteiger partial charge is 0.347 e. The third-order valence-corrected chi connectivity index (χ3v) is 6.70. The standard InChI is InChI=1S/C18H30N2O3/c1-17(22-10-11-23-17)15-4-2-9-20(12-15)16(21)19-13-18(7-3-8-18)14-5-6-14/h14-15H,2-13H2,1H3,(H,19,21). The molecule has 1 atom stereocenters. The third kappa shape index (κ3) is 2.98. The normalized spacial score (nSPS) is 32.4. The first-order valence-corrected chi connectivity index (χ1v) is 9.42. The van der Waals surface area contributed by atoms with Crippen molar-refractivity contribution < 1.29 is 14.3 Å². The zero-order valence-electron chi connectivity index (χ0n) is 14.3. The van der Waals surface area contributed by atoms with Gasteiger partial charge in [-0.05, 0) is 56.8 Å². The van der Waals surface area contributed by atoms with Crippen LogP contribution in [0.5, 0.6) is 0 Å². The number of likely N-dealkylation sites (tertiary alicyclic amines) is 1. The lowest BCUT2D eigenvalue weighted by Gasteiger charge is -2.44. The fourth-order valence-electron chi connectivity index (χ4n) is 4.78. The van der Waals surface area contributed by atoms with Crippen molar-refractivity contribution in [1.29, 1.82) is 0 Å². The number of nitrogens with one attached hydrogen (secondary N) is 1. The second kappa shape index (κ2) is 5.92. The lowest BCUT2D eigenvalue weighted by Crippen LogP contribution is -2.53. The Kier molecular flexibility index (Phi) is 4.04. The molecule has 1 N–H and O–H groups in total. The van der Waals surface area contributed by atoms with Crippen LogP contribution in [0.3, 0.4) is 0 Å². The van der Waals surface area contributed by atoms with Gasteiger partial charge in [-0.1, -0.05) is 6.42 Å². The molecule has 0 spiro atoms. The summed E-state index contributed by atoms with van der Waals surface area (Å²) >= 11 is 0. The van der Waals surface area contributed by atoms with Crippen molar-refractivity contribution in [2.75, 3.05) is 32.8 Å². The summed E-state index contributed by atoms with van der Waals surface area (Å²) in [5.41, 5.74) is 0.439. The van der Waals surface area contributed by atoms with Gasteiger partial charge in [-0.15, -0.1) is 0 Å². The van der Waals surface area contributed by atoms with Gasteiger partial charge in [0, 0.05) is 25.6 Å². The zero-order valence-corrected chi connectivity index (χ0v) is 14.3. The summed E-state index contributed by atoms with van der Waals surface area (Å²) in [6.45, 7) is 5.85. The van der Waals surface area contributed by atoms with Crippen molar-refractivity contribution in [1.82, 2.24) is 10.2 Å². The van der Waals surface area contributed by atoms with E-state index in [1.165, 1.54) is 32.1 Å². The monoisotopic (exact) mass is 322 g/mol. The molecule has 0 aromatic heterocycles. The molecular weight excluding hydrogens is 292 g/mol. The van der Waals surface area contributed by atoms with Crippen molar-refractivity contribution in [3.63, 3.8) is 0 Å². The number of rotatable bonds is 4. The summed E-state index contributed by atoms with van der Waals surface area (Å²) in [5.74, 6) is 0.665. The van der Waals surface area contributed by atoms with Crippen molar-refractivity contribution in [2.24, 2.45) is 17.3 Å². The molecule has 5 nitrogen and oxygen atoms in total. The smallest absolute Gasteiger partial charge is 0.317 e. The van der Waals surface area contributed by atoms with E-state index in [1.54, 1.807) is 0 Å². The molecule has 1 unspecified atom stereocenters. The summed E-state index contributed by atoms with van der Waals surface area (Å²) in [5, 5.41) is 3.25. The summed E-state index contributed by atoms with van der Waals surface area (Å²) in [6, 6.07) is 0.114. The molecule has 2 saturated carbocycles. The lowest BCUT2D eigenvalue weighted by atomic mass is 9.65. The van der Waals surface area contributed by atoms with Gasteiger partial charge in [-0.2, -0.15) is 0 Å². The molecule has 4 rings (SSSR count). The van der Waals surface area contributed by atoms with Crippen LogP contribution in [0.2, 0.25) is 0 Å². The van der Waals surface area contributed by atoms with Crippen LogP contribution in [0.4, 0.5) is 4.79 Å². The molecule has 0 radical (unpaired) electrons. The Morgan fingerprint density at radius 3 is 2.48 bits per heavy atom. The number of urea groups is 1. The Bertz CT molecular complexity index is 453. The first kappa shape index (κ1) is 15.7. The molecule has 0 aromatic carbocycles. The lowest BCUT2D eigenvalue weighted by molar-refractivity contribution is -0.189. The second-order valence-electron chi connectivity index (χ2n) is 8.15. The maximum Gasteiger partial charge on any atom is 0.317 e. The first-order valence-electron chi connectivity index (χ1n) is 9.42. The molecule has 130 valence electrons. The Balaban J connectivity index is 1.31. The number of ether oxygens (including phenoxy) is 2. The number of amides is 2. The van der Waals surface area contributed by atoms with Crippen LogP contribution in [-0.4, -0.2) is 49.6 Å². The van der Waals surface area contributed by atoms with E-state index in [0.717, 1.165) is 38.4 Å². The molecular formula is C18H30N2O3. The van der Waals surface area contributed by atoms with Gasteiger partial charge in [0.25, 0.3) is 0 Å². The summed E-state index contributed by atoms with van der Waals surface area (Å²) in [4.78, 5) is 14.6. The van der Waals surface area contributed by atoms with E-state index in [2.05, 4.69) is 5.32 Å². The van der Waals surface area contributed by atoms with Gasteiger partial charge in [0.05, 0.1) is 13.2 Å². The maximum atomic E-state index is 12.6. The van der Waals surface area contributed by atoms with E-state index in [0.29, 0.717) is 18.6 Å². The van der Waals surface area contributed by atoms with Crippen LogP contribution in [0.1, 0.15) is 51.9 Å². The molecule has 2 amide bonds. The number of hydrogen-bond donors (Lipinski definition) is 1. The second-order valence-corrected chi connectivity index (χ2v) is 8.15. The highest BCUT2D eigenvalue weighted by molar-refractivity contribution is 5.74. The molecule has 2 aliphatic heterocycles. The van der Waals surface area contributed by atoms with Crippen LogP contribution in [0.15, 0.2) is 0 Å². The molecule has 23 heavy (non-hydrogen) atoms. The van der Waals surface area contributed by atoms with Crippen LogP contribution in [-0.2, 0) is 9.47 Å². The van der Waals surface area contributed by atoms with Crippen molar-refractivity contribution >= 4 is 6.03 Å². The Hall–Kier alpha value is -0.810. The molecule has 4 aliphatic rings. The zero-order chi connectivity index (χ0) is 15.9. The van der Waals surface area contributed by atoms with Crippen LogP contribution < -0.4 is 5.32 Å². The molecule has 4 fully saturated rings. The fraction of sp³-hybridized carbons (Fsp3) is 0.944. The van der Waals surface area contributed by atoms with Gasteiger partial charge >= 0.3 is 6.03 Å². The highest BCUT2D eigenvalue weighted by atomic mass is 16.7. The Morgan fingerprint density at radius 1 is 1.13 bits per heavy atom. The molecule has 0 bridgehead atoms. The number of carbonyl (C=O) groups is 1. The summed E-state index contributed by atoms with van der Waals surface area (Å²) < 4.78 is 11.6. The molecule has 5 heteroatoms. The third-order valence-electron chi connectivity index (χ3n) is 6.70. The van der Waals surface area contributed by atoms with E-state index in [4.69, 9.17) is 9.47 Å². The average Bonchev–Trinajstić information content (AvgIpc) is 3.27. The van der Waals surface area contributed by atoms with Gasteiger partial charge in [0.2, 0.25) is 0 Å². The van der Waals surface area contributed by atoms with Gasteiger partial charge in [-0.3, -0.25) is 0 Å². The van der Waals surface area contributed by atoms with Gasteiger partial charge in [0.1, 0.15) is 0 Å². The van der Waals surface area contributed by atoms with Crippen LogP contribution in [0.25, 0.3) is 0 Å². The topological polar surface area (TPSA) is 50.8 Å². The molecule has 2 saturated heterocycles. The predicted octanol–water partition coefficient (Wildman–Crippen LogP) is 2.75. The van der Waals surface area contributed by atoms with Gasteiger partial charge in [-0.25, -0.2) is 4.79 Å². The van der Waals surface area contributed by atoms with Crippen LogP contribution >= 0.6 is 0 Å². The number of piperidine rings is 1. The van der Waals surface area contributed by atoms with Crippen LogP contribution in [0, 0.1) is 17.3 Å². The highest BCUT2D eigenvalue weighted by Gasteiger charge is 2.49. The van der Waals surface area contributed by atoms with E-state index in [1.807, 2.05) is 11.8 Å². The quantitative estimate of drug-likeness (QED) is 0.866. The van der Waals surface area contributed by atoms with E-state index in [-0.39, 0.29) is 11.9 Å². The van der Waals surface area contributed by atoms with Crippen molar-refractivity contribution in [3.8, 4) is 0 Å². The van der Waals surface area contributed by atoms with Gasteiger partial charge in [0.15, 0.2) is 5.79 Å². The van der Waals surface area contributed by atoms with E-state index in [9.17, 15) is 4.79 Å². The van der Waals surface area contributed by atoms with Crippen molar-refractivity contribution in [2.45, 2.75) is 57.7 Å². The average molecular weight is 322 g/mol. The minimum absolute atomic E-state index is 0.114. The SMILES string of the molecule is CC1(C2CCCN(C(=O)NCC3(C4CC4)CCC3)C2)OCCO1. The molecule has 2 heterocycles. The first-order chi connectivity index (χ1) is 11.1. The highest BCUT2D eigenvalue weighted by Crippen LogP contribution is 2.56. The number of carbonyl (C=O) groups excluding carboxylic acids is 1. The van der Waals surface area contributed by atoms with Crippen molar-refractivity contribution in [3.05, 3.63) is 0 Å². The van der Waals surface area contributed by atoms with E-state index >= 15 is 0 Å². The maximum absolute atomic E-state index is 12.6. The molecule has 2 aliphatic carbocycles. The predicted molar refractivity (Wildman–Crippen MR) is 87.0 cm³/mol. The Labute approximate surface area is 139 Å². The number of nitrogens with zero attached hydrogens (tertiary/aromatic N) is 1. The Morgan fingerprint density at radius 2 is 1.87 bits per heavy atom. The molecule has 0 aromatic rings. The summed E-state index contributed by atoms with van der Waals surface area (Å²) in [7, 11) is 0. The van der Waals surface area contributed by atoms with E-state index < -0.39 is 5.79 Å². The number of hydrogen-bond acceptors (Lipinski definition) is 3. The summed E-state index contributed by atoms with van der Waals surface area (Å²) in [6.07, 6.45) is 8.80. The minimum atomic E-state index is -0.498. The fourth-order valence-corrected chi connectivity index (χ4v) is 4.78.